The minimum absolute atomic E-state index is 0.0431. The first-order valence-electron chi connectivity index (χ1n) is 10.1. The zero-order chi connectivity index (χ0) is 21.4. The lowest BCUT2D eigenvalue weighted by Crippen LogP contribution is -2.53. The molecular formula is C24H28N2O4. The van der Waals surface area contributed by atoms with E-state index in [0.29, 0.717) is 19.4 Å². The average molecular weight is 408 g/mol. The first-order valence-corrected chi connectivity index (χ1v) is 10.1. The lowest BCUT2D eigenvalue weighted by Gasteiger charge is -2.34. The summed E-state index contributed by atoms with van der Waals surface area (Å²) in [6, 6.07) is 18.9. The Morgan fingerprint density at radius 1 is 1.07 bits per heavy atom. The highest BCUT2D eigenvalue weighted by Crippen LogP contribution is 2.35. The fourth-order valence-electron chi connectivity index (χ4n) is 3.78. The van der Waals surface area contributed by atoms with Gasteiger partial charge in [-0.1, -0.05) is 66.7 Å². The Morgan fingerprint density at radius 2 is 1.63 bits per heavy atom. The second kappa shape index (κ2) is 10.1. The van der Waals surface area contributed by atoms with Gasteiger partial charge in [0.25, 0.3) is 0 Å². The fourth-order valence-corrected chi connectivity index (χ4v) is 3.78. The van der Waals surface area contributed by atoms with E-state index in [4.69, 9.17) is 9.47 Å². The molecule has 0 radical (unpaired) electrons. The lowest BCUT2D eigenvalue weighted by molar-refractivity contribution is -0.157. The molecule has 0 aliphatic carbocycles. The third-order valence-corrected chi connectivity index (χ3v) is 5.41. The van der Waals surface area contributed by atoms with E-state index in [1.807, 2.05) is 67.7 Å². The van der Waals surface area contributed by atoms with E-state index in [9.17, 15) is 9.59 Å². The summed E-state index contributed by atoms with van der Waals surface area (Å²) in [5.74, 6) is -0.444. The quantitative estimate of drug-likeness (QED) is 0.533. The van der Waals surface area contributed by atoms with E-state index in [1.165, 1.54) is 4.90 Å². The van der Waals surface area contributed by atoms with Crippen LogP contribution in [0.15, 0.2) is 73.3 Å². The van der Waals surface area contributed by atoms with Crippen molar-refractivity contribution in [3.05, 3.63) is 84.4 Å². The van der Waals surface area contributed by atoms with Gasteiger partial charge in [0.2, 0.25) is 0 Å². The first kappa shape index (κ1) is 21.6. The van der Waals surface area contributed by atoms with Crippen LogP contribution >= 0.6 is 0 Å². The molecule has 0 aromatic heterocycles. The highest BCUT2D eigenvalue weighted by Gasteiger charge is 2.54. The van der Waals surface area contributed by atoms with Gasteiger partial charge in [0.15, 0.2) is 0 Å². The van der Waals surface area contributed by atoms with E-state index in [1.54, 1.807) is 6.08 Å². The van der Waals surface area contributed by atoms with Gasteiger partial charge >= 0.3 is 12.1 Å². The molecule has 1 aliphatic rings. The summed E-state index contributed by atoms with van der Waals surface area (Å²) in [5, 5.41) is 3.17. The van der Waals surface area contributed by atoms with Gasteiger partial charge in [0.05, 0.1) is 0 Å². The summed E-state index contributed by atoms with van der Waals surface area (Å²) in [4.78, 5) is 27.7. The monoisotopic (exact) mass is 408 g/mol. The summed E-state index contributed by atoms with van der Waals surface area (Å²) in [5.41, 5.74) is 0.634. The van der Waals surface area contributed by atoms with Crippen molar-refractivity contribution >= 4 is 12.1 Å². The minimum Gasteiger partial charge on any atom is -0.459 e. The zero-order valence-electron chi connectivity index (χ0n) is 17.3. The van der Waals surface area contributed by atoms with Gasteiger partial charge < -0.3 is 14.8 Å². The molecule has 0 bridgehead atoms. The Labute approximate surface area is 177 Å². The second-order valence-corrected chi connectivity index (χ2v) is 7.43. The molecule has 1 amide bonds. The number of benzene rings is 2. The van der Waals surface area contributed by atoms with Crippen LogP contribution in [0.25, 0.3) is 0 Å². The molecule has 1 saturated heterocycles. The molecule has 2 aromatic rings. The smallest absolute Gasteiger partial charge is 0.411 e. The van der Waals surface area contributed by atoms with E-state index in [2.05, 4.69) is 11.9 Å². The molecule has 1 fully saturated rings. The number of carbonyl (C=O) groups is 2. The van der Waals surface area contributed by atoms with Crippen molar-refractivity contribution < 1.29 is 19.1 Å². The number of nitrogens with zero attached hydrogens (tertiary/aromatic N) is 1. The molecule has 158 valence electrons. The maximum absolute atomic E-state index is 13.2. The van der Waals surface area contributed by atoms with Crippen LogP contribution in [0.2, 0.25) is 0 Å². The minimum atomic E-state index is -1.14. The first-order chi connectivity index (χ1) is 14.6. The van der Waals surface area contributed by atoms with E-state index in [0.717, 1.165) is 11.1 Å². The topological polar surface area (TPSA) is 67.9 Å². The van der Waals surface area contributed by atoms with Crippen molar-refractivity contribution in [2.45, 2.75) is 37.6 Å². The van der Waals surface area contributed by atoms with Crippen LogP contribution in [-0.4, -0.2) is 42.1 Å². The maximum atomic E-state index is 13.2. The molecule has 0 spiro atoms. The van der Waals surface area contributed by atoms with Crippen LogP contribution in [0, 0.1) is 0 Å². The predicted octanol–water partition coefficient (Wildman–Crippen LogP) is 3.68. The number of hydrogen-bond acceptors (Lipinski definition) is 5. The predicted molar refractivity (Wildman–Crippen MR) is 115 cm³/mol. The number of amides is 1. The van der Waals surface area contributed by atoms with Crippen molar-refractivity contribution in [3.63, 3.8) is 0 Å². The molecular weight excluding hydrogens is 380 g/mol. The Kier molecular flexibility index (Phi) is 7.25. The molecule has 3 rings (SSSR count). The normalized spacial score (nSPS) is 20.6. The van der Waals surface area contributed by atoms with Gasteiger partial charge in [-0.2, -0.15) is 0 Å². The number of likely N-dealkylation sites (N-methyl/N-ethyl adjacent to an activating group) is 1. The molecule has 2 aromatic carbocycles. The number of likely N-dealkylation sites (tertiary alicyclic amines) is 1. The molecule has 1 heterocycles. The van der Waals surface area contributed by atoms with Crippen LogP contribution in [0.5, 0.6) is 0 Å². The Hall–Kier alpha value is -3.12. The van der Waals surface area contributed by atoms with Gasteiger partial charge in [0.1, 0.15) is 18.8 Å². The van der Waals surface area contributed by atoms with E-state index >= 15 is 0 Å². The van der Waals surface area contributed by atoms with Crippen molar-refractivity contribution in [1.29, 1.82) is 0 Å². The fraction of sp³-hybridized carbons (Fsp3) is 0.333. The standard InChI is InChI=1S/C24H28N2O4/c1-3-14-24(22(27)29-17-19-10-6-4-7-11-19)15-21(25-2)16-26(24)23(28)30-18-20-12-8-5-9-13-20/h3-13,21,25H,1,14-18H2,2H3/t21-,24?/m1/s1. The third-order valence-electron chi connectivity index (χ3n) is 5.41. The molecule has 30 heavy (non-hydrogen) atoms. The molecule has 6 heteroatoms. The van der Waals surface area contributed by atoms with Gasteiger partial charge in [-0.05, 0) is 31.0 Å². The highest BCUT2D eigenvalue weighted by molar-refractivity contribution is 5.87. The van der Waals surface area contributed by atoms with Gasteiger partial charge in [0, 0.05) is 12.6 Å². The Balaban J connectivity index is 1.76. The summed E-state index contributed by atoms with van der Waals surface area (Å²) in [6.07, 6.45) is 1.84. The van der Waals surface area contributed by atoms with E-state index < -0.39 is 17.6 Å². The average Bonchev–Trinajstić information content (AvgIpc) is 3.17. The van der Waals surface area contributed by atoms with Crippen molar-refractivity contribution in [3.8, 4) is 0 Å². The number of hydrogen-bond donors (Lipinski definition) is 1. The van der Waals surface area contributed by atoms with E-state index in [-0.39, 0.29) is 19.3 Å². The SMILES string of the molecule is C=CCC1(C(=O)OCc2ccccc2)C[C@@H](NC)CN1C(=O)OCc1ccccc1. The Morgan fingerprint density at radius 3 is 2.17 bits per heavy atom. The van der Waals surface area contributed by atoms with Crippen LogP contribution < -0.4 is 5.32 Å². The highest BCUT2D eigenvalue weighted by atomic mass is 16.6. The molecule has 2 atom stereocenters. The van der Waals surface area contributed by atoms with Gasteiger partial charge in [-0.3, -0.25) is 4.90 Å². The molecule has 1 aliphatic heterocycles. The lowest BCUT2D eigenvalue weighted by atomic mass is 9.91. The van der Waals surface area contributed by atoms with Crippen molar-refractivity contribution in [1.82, 2.24) is 10.2 Å². The summed E-state index contributed by atoms with van der Waals surface area (Å²) < 4.78 is 11.2. The number of carbonyl (C=O) groups excluding carboxylic acids is 2. The molecule has 6 nitrogen and oxygen atoms in total. The third kappa shape index (κ3) is 4.89. The number of ether oxygens (including phenoxy) is 2. The summed E-state index contributed by atoms with van der Waals surface area (Å²) in [7, 11) is 1.82. The number of nitrogens with one attached hydrogen (secondary N) is 1. The van der Waals surface area contributed by atoms with Crippen molar-refractivity contribution in [2.24, 2.45) is 0 Å². The number of rotatable bonds is 8. The Bertz CT molecular complexity index is 856. The van der Waals surface area contributed by atoms with Crippen LogP contribution in [0.1, 0.15) is 24.0 Å². The van der Waals surface area contributed by atoms with Crippen LogP contribution in [-0.2, 0) is 27.5 Å². The molecule has 1 N–H and O–H groups in total. The second-order valence-electron chi connectivity index (χ2n) is 7.43. The van der Waals surface area contributed by atoms with Gasteiger partial charge in [-0.15, -0.1) is 6.58 Å². The van der Waals surface area contributed by atoms with Crippen LogP contribution in [0.4, 0.5) is 4.79 Å². The van der Waals surface area contributed by atoms with Crippen molar-refractivity contribution in [2.75, 3.05) is 13.6 Å². The number of esters is 1. The molecule has 1 unspecified atom stereocenters. The molecule has 0 saturated carbocycles. The largest absolute Gasteiger partial charge is 0.459 e. The summed E-state index contributed by atoms with van der Waals surface area (Å²) in [6.45, 7) is 4.45. The maximum Gasteiger partial charge on any atom is 0.411 e. The summed E-state index contributed by atoms with van der Waals surface area (Å²) >= 11 is 0. The van der Waals surface area contributed by atoms with Gasteiger partial charge in [-0.25, -0.2) is 9.59 Å². The van der Waals surface area contributed by atoms with Crippen LogP contribution in [0.3, 0.4) is 0 Å². The zero-order valence-corrected chi connectivity index (χ0v) is 17.3.